The van der Waals surface area contributed by atoms with E-state index in [-0.39, 0.29) is 0 Å². The minimum Gasteiger partial charge on any atom is -0.342 e. The highest BCUT2D eigenvalue weighted by Crippen LogP contribution is 2.49. The molecule has 2 unspecified atom stereocenters. The highest BCUT2D eigenvalue weighted by Gasteiger charge is 2.34. The Labute approximate surface area is 125 Å². The summed E-state index contributed by atoms with van der Waals surface area (Å²) in [6.45, 7) is 0. The summed E-state index contributed by atoms with van der Waals surface area (Å²) in [6.07, 6.45) is 0.689. The Balaban J connectivity index is 2.04. The van der Waals surface area contributed by atoms with E-state index in [1.807, 2.05) is 60.7 Å². The van der Waals surface area contributed by atoms with Crippen molar-refractivity contribution in [2.75, 3.05) is 0 Å². The van der Waals surface area contributed by atoms with Crippen LogP contribution >= 0.6 is 7.37 Å². The van der Waals surface area contributed by atoms with Gasteiger partial charge in [0, 0.05) is 0 Å². The molecule has 0 aromatic heterocycles. The van der Waals surface area contributed by atoms with Gasteiger partial charge in [-0.2, -0.15) is 0 Å². The molecule has 0 fully saturated rings. The van der Waals surface area contributed by atoms with Crippen LogP contribution in [0.3, 0.4) is 0 Å². The molecule has 0 aliphatic carbocycles. The Morgan fingerprint density at radius 3 is 1.48 bits per heavy atom. The number of benzene rings is 2. The second-order valence-corrected chi connectivity index (χ2v) is 7.86. The second kappa shape index (κ2) is 7.01. The Bertz CT molecular complexity index is 553. The molecule has 2 aromatic carbocycles. The van der Waals surface area contributed by atoms with Crippen molar-refractivity contribution in [3.05, 3.63) is 71.8 Å². The SMILES string of the molecule is NC(Cc1ccccc1)P(=O)(O)C(N)Cc1ccccc1. The van der Waals surface area contributed by atoms with Crippen LogP contribution in [-0.2, 0) is 17.4 Å². The fourth-order valence-electron chi connectivity index (χ4n) is 2.22. The predicted octanol–water partition coefficient (Wildman–Crippen LogP) is 2.31. The zero-order chi connectivity index (χ0) is 15.3. The summed E-state index contributed by atoms with van der Waals surface area (Å²) < 4.78 is 12.5. The van der Waals surface area contributed by atoms with E-state index < -0.39 is 18.9 Å². The molecule has 5 N–H and O–H groups in total. The maximum atomic E-state index is 12.5. The Morgan fingerprint density at radius 1 is 0.810 bits per heavy atom. The van der Waals surface area contributed by atoms with Crippen molar-refractivity contribution in [1.29, 1.82) is 0 Å². The topological polar surface area (TPSA) is 89.3 Å². The van der Waals surface area contributed by atoms with E-state index in [1.165, 1.54) is 0 Å². The molecule has 0 radical (unpaired) electrons. The molecule has 0 aliphatic rings. The number of rotatable bonds is 6. The van der Waals surface area contributed by atoms with Crippen molar-refractivity contribution in [1.82, 2.24) is 0 Å². The van der Waals surface area contributed by atoms with Crippen molar-refractivity contribution in [2.24, 2.45) is 11.5 Å². The lowest BCUT2D eigenvalue weighted by atomic mass is 10.1. The van der Waals surface area contributed by atoms with Crippen molar-refractivity contribution in [3.8, 4) is 0 Å². The van der Waals surface area contributed by atoms with Gasteiger partial charge in [-0.3, -0.25) is 4.57 Å². The first kappa shape index (κ1) is 15.9. The average Bonchev–Trinajstić information content (AvgIpc) is 2.49. The molecule has 21 heavy (non-hydrogen) atoms. The van der Waals surface area contributed by atoms with Gasteiger partial charge in [0.2, 0.25) is 7.37 Å². The molecule has 2 aromatic rings. The summed E-state index contributed by atoms with van der Waals surface area (Å²) in [5.41, 5.74) is 13.8. The minimum atomic E-state index is -3.65. The quantitative estimate of drug-likeness (QED) is 0.714. The van der Waals surface area contributed by atoms with Crippen LogP contribution in [0, 0.1) is 0 Å². The number of hydrogen-bond donors (Lipinski definition) is 3. The third kappa shape index (κ3) is 4.26. The first-order chi connectivity index (χ1) is 10.00. The molecular formula is C16H21N2O2P. The predicted molar refractivity (Wildman–Crippen MR) is 86.1 cm³/mol. The minimum absolute atomic E-state index is 0.344. The lowest BCUT2D eigenvalue weighted by molar-refractivity contribution is 0.446. The molecular weight excluding hydrogens is 283 g/mol. The molecule has 112 valence electrons. The lowest BCUT2D eigenvalue weighted by Gasteiger charge is -2.25. The van der Waals surface area contributed by atoms with Crippen molar-refractivity contribution >= 4 is 7.37 Å². The molecule has 2 atom stereocenters. The fourth-order valence-corrected chi connectivity index (χ4v) is 3.66. The molecule has 0 bridgehead atoms. The van der Waals surface area contributed by atoms with Crippen LogP contribution in [0.1, 0.15) is 11.1 Å². The van der Waals surface area contributed by atoms with E-state index in [4.69, 9.17) is 11.5 Å². The van der Waals surface area contributed by atoms with Crippen LogP contribution in [-0.4, -0.2) is 16.5 Å². The van der Waals surface area contributed by atoms with Gasteiger partial charge in [0.25, 0.3) is 0 Å². The highest BCUT2D eigenvalue weighted by molar-refractivity contribution is 7.59. The van der Waals surface area contributed by atoms with Crippen molar-refractivity contribution in [2.45, 2.75) is 24.4 Å². The van der Waals surface area contributed by atoms with Gasteiger partial charge >= 0.3 is 0 Å². The summed E-state index contributed by atoms with van der Waals surface area (Å²) >= 11 is 0. The van der Waals surface area contributed by atoms with Gasteiger partial charge in [-0.25, -0.2) is 0 Å². The highest BCUT2D eigenvalue weighted by atomic mass is 31.2. The summed E-state index contributed by atoms with van der Waals surface area (Å²) in [7, 11) is -3.65. The van der Waals surface area contributed by atoms with Gasteiger partial charge in [-0.15, -0.1) is 0 Å². The second-order valence-electron chi connectivity index (χ2n) is 5.19. The molecule has 0 heterocycles. The van der Waals surface area contributed by atoms with Crippen LogP contribution in [0.25, 0.3) is 0 Å². The molecule has 0 spiro atoms. The smallest absolute Gasteiger partial charge is 0.233 e. The van der Waals surface area contributed by atoms with Gasteiger partial charge < -0.3 is 16.4 Å². The average molecular weight is 304 g/mol. The molecule has 2 rings (SSSR count). The number of hydrogen-bond acceptors (Lipinski definition) is 3. The largest absolute Gasteiger partial charge is 0.342 e. The monoisotopic (exact) mass is 304 g/mol. The van der Waals surface area contributed by atoms with Crippen LogP contribution < -0.4 is 11.5 Å². The summed E-state index contributed by atoms with van der Waals surface area (Å²) in [4.78, 5) is 10.3. The molecule has 0 saturated heterocycles. The molecule has 4 nitrogen and oxygen atoms in total. The van der Waals surface area contributed by atoms with Gasteiger partial charge in [0.1, 0.15) is 0 Å². The zero-order valence-corrected chi connectivity index (χ0v) is 12.7. The van der Waals surface area contributed by atoms with Gasteiger partial charge in [0.05, 0.1) is 11.6 Å². The third-order valence-electron chi connectivity index (χ3n) is 3.53. The molecule has 5 heteroatoms. The summed E-state index contributed by atoms with van der Waals surface area (Å²) in [6, 6.07) is 18.9. The maximum absolute atomic E-state index is 12.5. The molecule has 0 aliphatic heterocycles. The van der Waals surface area contributed by atoms with Gasteiger partial charge in [-0.05, 0) is 24.0 Å². The van der Waals surface area contributed by atoms with Gasteiger partial charge in [0.15, 0.2) is 0 Å². The zero-order valence-electron chi connectivity index (χ0n) is 11.8. The Hall–Kier alpha value is -1.45. The Morgan fingerprint density at radius 2 is 1.14 bits per heavy atom. The maximum Gasteiger partial charge on any atom is 0.233 e. The lowest BCUT2D eigenvalue weighted by Crippen LogP contribution is -2.34. The van der Waals surface area contributed by atoms with Gasteiger partial charge in [-0.1, -0.05) is 60.7 Å². The van der Waals surface area contributed by atoms with E-state index >= 15 is 0 Å². The van der Waals surface area contributed by atoms with E-state index in [2.05, 4.69) is 0 Å². The van der Waals surface area contributed by atoms with Crippen LogP contribution in [0.5, 0.6) is 0 Å². The van der Waals surface area contributed by atoms with E-state index in [0.717, 1.165) is 11.1 Å². The molecule has 0 saturated carbocycles. The molecule has 0 amide bonds. The summed E-state index contributed by atoms with van der Waals surface area (Å²) in [5.74, 6) is -1.70. The first-order valence-electron chi connectivity index (χ1n) is 6.91. The standard InChI is InChI=1S/C16H21N2O2P/c17-15(11-13-7-3-1-4-8-13)21(19,20)16(18)12-14-9-5-2-6-10-14/h1-10,15-16H,11-12,17-18H2,(H,19,20). The van der Waals surface area contributed by atoms with Crippen LogP contribution in [0.4, 0.5) is 0 Å². The fraction of sp³-hybridized carbons (Fsp3) is 0.250. The third-order valence-corrected chi connectivity index (χ3v) is 5.79. The van der Waals surface area contributed by atoms with Crippen LogP contribution in [0.2, 0.25) is 0 Å². The first-order valence-corrected chi connectivity index (χ1v) is 8.71. The van der Waals surface area contributed by atoms with E-state index in [0.29, 0.717) is 12.8 Å². The Kier molecular flexibility index (Phi) is 5.32. The van der Waals surface area contributed by atoms with E-state index in [1.54, 1.807) is 0 Å². The van der Waals surface area contributed by atoms with Crippen LogP contribution in [0.15, 0.2) is 60.7 Å². The number of nitrogens with two attached hydrogens (primary N) is 2. The van der Waals surface area contributed by atoms with E-state index in [9.17, 15) is 9.46 Å². The summed E-state index contributed by atoms with van der Waals surface area (Å²) in [5, 5.41) is 0. The normalized spacial score (nSPS) is 16.9. The van der Waals surface area contributed by atoms with Crippen molar-refractivity contribution in [3.63, 3.8) is 0 Å². The van der Waals surface area contributed by atoms with Crippen molar-refractivity contribution < 1.29 is 9.46 Å².